The zero-order valence-electron chi connectivity index (χ0n) is 8.94. The standard InChI is InChI=1S/C10H12BrN3OS/c1-7-6-9(15)14-10(12-7)16-8(13-14)4-2-3-5-11/h6H,2-5H2,1H3. The van der Waals surface area contributed by atoms with Crippen LogP contribution in [0.15, 0.2) is 10.9 Å². The maximum atomic E-state index is 11.6. The van der Waals surface area contributed by atoms with Crippen molar-refractivity contribution in [1.82, 2.24) is 14.6 Å². The number of unbranched alkanes of at least 4 members (excludes halogenated alkanes) is 1. The summed E-state index contributed by atoms with van der Waals surface area (Å²) in [6, 6.07) is 1.51. The molecule has 0 atom stereocenters. The minimum Gasteiger partial charge on any atom is -0.267 e. The van der Waals surface area contributed by atoms with Crippen molar-refractivity contribution in [1.29, 1.82) is 0 Å². The van der Waals surface area contributed by atoms with Gasteiger partial charge in [-0.05, 0) is 19.8 Å². The second kappa shape index (κ2) is 5.05. The number of hydrogen-bond acceptors (Lipinski definition) is 4. The molecule has 0 saturated carbocycles. The SMILES string of the molecule is Cc1cc(=O)n2nc(CCCCBr)sc2n1. The third kappa shape index (κ3) is 2.49. The van der Waals surface area contributed by atoms with Crippen LogP contribution >= 0.6 is 27.3 Å². The third-order valence-corrected chi connectivity index (χ3v) is 3.72. The van der Waals surface area contributed by atoms with Gasteiger partial charge in [0.25, 0.3) is 5.56 Å². The van der Waals surface area contributed by atoms with Gasteiger partial charge >= 0.3 is 0 Å². The smallest absolute Gasteiger partial charge is 0.267 e. The van der Waals surface area contributed by atoms with Gasteiger partial charge in [-0.25, -0.2) is 4.98 Å². The third-order valence-electron chi connectivity index (χ3n) is 2.19. The molecule has 0 N–H and O–H groups in total. The Bertz CT molecular complexity index is 548. The number of aromatic nitrogens is 3. The number of rotatable bonds is 4. The van der Waals surface area contributed by atoms with Crippen molar-refractivity contribution < 1.29 is 0 Å². The molecule has 0 fully saturated rings. The van der Waals surface area contributed by atoms with E-state index in [1.807, 2.05) is 6.92 Å². The normalized spacial score (nSPS) is 11.1. The van der Waals surface area contributed by atoms with E-state index < -0.39 is 0 Å². The predicted octanol–water partition coefficient (Wildman–Crippen LogP) is 2.18. The molecule has 0 amide bonds. The molecule has 0 spiro atoms. The zero-order valence-corrected chi connectivity index (χ0v) is 11.3. The van der Waals surface area contributed by atoms with Gasteiger partial charge in [0.15, 0.2) is 0 Å². The average molecular weight is 302 g/mol. The van der Waals surface area contributed by atoms with E-state index in [0.29, 0.717) is 4.96 Å². The van der Waals surface area contributed by atoms with E-state index in [9.17, 15) is 4.79 Å². The second-order valence-corrected chi connectivity index (χ2v) is 5.41. The van der Waals surface area contributed by atoms with Crippen LogP contribution in [0.25, 0.3) is 4.96 Å². The minimum absolute atomic E-state index is 0.0921. The Labute approximate surface area is 105 Å². The molecular weight excluding hydrogens is 290 g/mol. The number of hydrogen-bond donors (Lipinski definition) is 0. The van der Waals surface area contributed by atoms with Gasteiger partial charge < -0.3 is 0 Å². The molecule has 86 valence electrons. The Morgan fingerprint density at radius 2 is 2.31 bits per heavy atom. The molecule has 0 aliphatic rings. The van der Waals surface area contributed by atoms with Crippen LogP contribution < -0.4 is 5.56 Å². The van der Waals surface area contributed by atoms with Gasteiger partial charge in [-0.1, -0.05) is 27.3 Å². The topological polar surface area (TPSA) is 47.3 Å². The quantitative estimate of drug-likeness (QED) is 0.642. The molecule has 0 unspecified atom stereocenters. The number of fused-ring (bicyclic) bond motifs is 1. The molecule has 0 aromatic carbocycles. The molecule has 2 rings (SSSR count). The molecule has 0 bridgehead atoms. The van der Waals surface area contributed by atoms with E-state index in [-0.39, 0.29) is 5.56 Å². The van der Waals surface area contributed by atoms with Crippen LogP contribution in [0.4, 0.5) is 0 Å². The highest BCUT2D eigenvalue weighted by molar-refractivity contribution is 9.09. The lowest BCUT2D eigenvalue weighted by Gasteiger charge is -1.91. The first-order valence-electron chi connectivity index (χ1n) is 5.13. The zero-order chi connectivity index (χ0) is 11.5. The molecule has 0 radical (unpaired) electrons. The lowest BCUT2D eigenvalue weighted by Crippen LogP contribution is -2.14. The van der Waals surface area contributed by atoms with Crippen LogP contribution in [0.5, 0.6) is 0 Å². The summed E-state index contributed by atoms with van der Waals surface area (Å²) in [5, 5.41) is 6.26. The molecule has 0 aliphatic heterocycles. The van der Waals surface area contributed by atoms with Crippen LogP contribution in [-0.2, 0) is 6.42 Å². The molecule has 16 heavy (non-hydrogen) atoms. The van der Waals surface area contributed by atoms with Crippen molar-refractivity contribution in [2.45, 2.75) is 26.2 Å². The van der Waals surface area contributed by atoms with Gasteiger partial charge in [0.2, 0.25) is 4.96 Å². The second-order valence-electron chi connectivity index (χ2n) is 3.57. The molecule has 2 aromatic rings. The first-order chi connectivity index (χ1) is 7.70. The highest BCUT2D eigenvalue weighted by atomic mass is 79.9. The Hall–Kier alpha value is -0.750. The van der Waals surface area contributed by atoms with Crippen LogP contribution in [0.1, 0.15) is 23.5 Å². The first kappa shape index (κ1) is 11.7. The van der Waals surface area contributed by atoms with Gasteiger partial charge in [0.05, 0.1) is 0 Å². The van der Waals surface area contributed by atoms with Gasteiger partial charge in [0.1, 0.15) is 5.01 Å². The first-order valence-corrected chi connectivity index (χ1v) is 7.07. The summed E-state index contributed by atoms with van der Waals surface area (Å²) >= 11 is 4.90. The van der Waals surface area contributed by atoms with Gasteiger partial charge in [-0.3, -0.25) is 4.79 Å². The summed E-state index contributed by atoms with van der Waals surface area (Å²) < 4.78 is 1.39. The van der Waals surface area contributed by atoms with Crippen molar-refractivity contribution in [3.63, 3.8) is 0 Å². The fraction of sp³-hybridized carbons (Fsp3) is 0.500. The fourth-order valence-electron chi connectivity index (χ4n) is 1.43. The summed E-state index contributed by atoms with van der Waals surface area (Å²) in [6.07, 6.45) is 3.12. The molecule has 2 aromatic heterocycles. The van der Waals surface area contributed by atoms with E-state index in [4.69, 9.17) is 0 Å². The van der Waals surface area contributed by atoms with E-state index in [0.717, 1.165) is 35.3 Å². The van der Waals surface area contributed by atoms with E-state index >= 15 is 0 Å². The molecular formula is C10H12BrN3OS. The Morgan fingerprint density at radius 3 is 3.06 bits per heavy atom. The highest BCUT2D eigenvalue weighted by Crippen LogP contribution is 2.14. The lowest BCUT2D eigenvalue weighted by molar-refractivity contribution is 0.768. The van der Waals surface area contributed by atoms with Gasteiger partial charge in [-0.2, -0.15) is 9.61 Å². The molecule has 0 saturated heterocycles. The number of aryl methyl sites for hydroxylation is 2. The monoisotopic (exact) mass is 301 g/mol. The summed E-state index contributed by atoms with van der Waals surface area (Å²) in [4.78, 5) is 16.6. The summed E-state index contributed by atoms with van der Waals surface area (Å²) in [5.41, 5.74) is 0.658. The van der Waals surface area contributed by atoms with Crippen LogP contribution in [0.3, 0.4) is 0 Å². The fourth-order valence-corrected chi connectivity index (χ4v) is 2.81. The van der Waals surface area contributed by atoms with Crippen molar-refractivity contribution in [3.05, 3.63) is 27.1 Å². The van der Waals surface area contributed by atoms with E-state index in [2.05, 4.69) is 26.0 Å². The largest absolute Gasteiger partial charge is 0.275 e. The van der Waals surface area contributed by atoms with Crippen LogP contribution in [0.2, 0.25) is 0 Å². The van der Waals surface area contributed by atoms with Crippen molar-refractivity contribution >= 4 is 32.2 Å². The summed E-state index contributed by atoms with van der Waals surface area (Å²) in [7, 11) is 0. The molecule has 4 nitrogen and oxygen atoms in total. The summed E-state index contributed by atoms with van der Waals surface area (Å²) in [6.45, 7) is 1.83. The summed E-state index contributed by atoms with van der Waals surface area (Å²) in [5.74, 6) is 0. The Balaban J connectivity index is 2.29. The average Bonchev–Trinajstić information content (AvgIpc) is 2.61. The maximum Gasteiger partial charge on any atom is 0.275 e. The number of nitrogens with zero attached hydrogens (tertiary/aromatic N) is 3. The van der Waals surface area contributed by atoms with Gasteiger partial charge in [-0.15, -0.1) is 0 Å². The van der Waals surface area contributed by atoms with E-state index in [1.54, 1.807) is 0 Å². The molecule has 6 heteroatoms. The Morgan fingerprint density at radius 1 is 1.50 bits per heavy atom. The predicted molar refractivity (Wildman–Crippen MR) is 68.6 cm³/mol. The Kier molecular flexibility index (Phi) is 3.70. The van der Waals surface area contributed by atoms with Crippen LogP contribution in [0, 0.1) is 6.92 Å². The highest BCUT2D eigenvalue weighted by Gasteiger charge is 2.06. The van der Waals surface area contributed by atoms with Crippen molar-refractivity contribution in [2.75, 3.05) is 5.33 Å². The lowest BCUT2D eigenvalue weighted by atomic mass is 10.3. The minimum atomic E-state index is -0.0921. The van der Waals surface area contributed by atoms with Crippen LogP contribution in [-0.4, -0.2) is 19.9 Å². The maximum absolute atomic E-state index is 11.6. The van der Waals surface area contributed by atoms with E-state index in [1.165, 1.54) is 21.9 Å². The molecule has 0 aliphatic carbocycles. The van der Waals surface area contributed by atoms with Crippen molar-refractivity contribution in [2.24, 2.45) is 0 Å². The number of alkyl halides is 1. The number of halogens is 1. The molecule has 2 heterocycles. The van der Waals surface area contributed by atoms with Gasteiger partial charge in [0, 0.05) is 23.5 Å². The van der Waals surface area contributed by atoms with Crippen molar-refractivity contribution in [3.8, 4) is 0 Å².